The van der Waals surface area contributed by atoms with E-state index >= 15 is 0 Å². The van der Waals surface area contributed by atoms with Crippen LogP contribution in [0.4, 0.5) is 0 Å². The third-order valence-electron chi connectivity index (χ3n) is 4.12. The van der Waals surface area contributed by atoms with Gasteiger partial charge < -0.3 is 0 Å². The van der Waals surface area contributed by atoms with E-state index in [9.17, 15) is 18.0 Å². The van der Waals surface area contributed by atoms with Gasteiger partial charge in [0.05, 0.1) is 16.5 Å². The van der Waals surface area contributed by atoms with Crippen molar-refractivity contribution in [3.8, 4) is 11.3 Å². The molecule has 0 spiro atoms. The van der Waals surface area contributed by atoms with Gasteiger partial charge in [-0.2, -0.15) is 9.19 Å². The topological polar surface area (TPSA) is 86.1 Å². The van der Waals surface area contributed by atoms with Crippen LogP contribution in [0.5, 0.6) is 0 Å². The molecule has 2 aromatic rings. The second-order valence-electron chi connectivity index (χ2n) is 5.60. The monoisotopic (exact) mass is 316 g/mol. The highest BCUT2D eigenvalue weighted by molar-refractivity contribution is 7.90. The maximum Gasteiger partial charge on any atom is 0.256 e. The van der Waals surface area contributed by atoms with E-state index in [1.54, 1.807) is 24.3 Å². The molecule has 112 valence electrons. The average Bonchev–Trinajstić information content (AvgIpc) is 3.29. The number of hydrogen-bond donors (Lipinski definition) is 0. The number of ketones is 2. The van der Waals surface area contributed by atoms with Crippen LogP contribution in [0.15, 0.2) is 24.3 Å². The zero-order chi connectivity index (χ0) is 15.6. The van der Waals surface area contributed by atoms with Crippen LogP contribution < -0.4 is 0 Å². The number of carbonyl (C=O) groups is 2. The van der Waals surface area contributed by atoms with Crippen molar-refractivity contribution in [3.63, 3.8) is 0 Å². The molecule has 0 bridgehead atoms. The molecule has 0 amide bonds. The van der Waals surface area contributed by atoms with Crippen LogP contribution in [0.3, 0.4) is 0 Å². The molecule has 1 saturated carbocycles. The minimum Gasteiger partial charge on any atom is -0.285 e. The summed E-state index contributed by atoms with van der Waals surface area (Å²) in [5.41, 5.74) is 1.38. The van der Waals surface area contributed by atoms with Gasteiger partial charge in [0, 0.05) is 11.1 Å². The van der Waals surface area contributed by atoms with E-state index < -0.39 is 26.8 Å². The standard InChI is InChI=1S/C15H12N2O4S/c1-8-12-13(16-17(8)22(20,21)9-6-7-9)10-4-2-3-5-11(10)14(18)15(12)19/h2-5,9H,6-7H2,1H3. The third kappa shape index (κ3) is 1.60. The lowest BCUT2D eigenvalue weighted by molar-refractivity contribution is 0.0815. The summed E-state index contributed by atoms with van der Waals surface area (Å²) in [6.07, 6.45) is 1.21. The van der Waals surface area contributed by atoms with Crippen molar-refractivity contribution in [1.29, 1.82) is 0 Å². The van der Waals surface area contributed by atoms with Gasteiger partial charge in [-0.3, -0.25) is 9.59 Å². The van der Waals surface area contributed by atoms with E-state index in [-0.39, 0.29) is 22.5 Å². The molecule has 1 heterocycles. The van der Waals surface area contributed by atoms with Crippen LogP contribution in [0.1, 0.15) is 39.3 Å². The molecule has 0 atom stereocenters. The zero-order valence-electron chi connectivity index (χ0n) is 11.7. The first-order chi connectivity index (χ1) is 10.4. The first kappa shape index (κ1) is 13.4. The van der Waals surface area contributed by atoms with Crippen LogP contribution in [0.2, 0.25) is 0 Å². The highest BCUT2D eigenvalue weighted by Gasteiger charge is 2.42. The molecule has 1 fully saturated rings. The Morgan fingerprint density at radius 3 is 2.36 bits per heavy atom. The fourth-order valence-electron chi connectivity index (χ4n) is 2.82. The van der Waals surface area contributed by atoms with Crippen molar-refractivity contribution >= 4 is 21.6 Å². The Kier molecular flexibility index (Phi) is 2.51. The first-order valence-electron chi connectivity index (χ1n) is 6.95. The fraction of sp³-hybridized carbons (Fsp3) is 0.267. The van der Waals surface area contributed by atoms with Gasteiger partial charge in [-0.05, 0) is 19.8 Å². The Balaban J connectivity index is 2.03. The van der Waals surface area contributed by atoms with Crippen molar-refractivity contribution < 1.29 is 18.0 Å². The number of hydrogen-bond acceptors (Lipinski definition) is 5. The smallest absolute Gasteiger partial charge is 0.256 e. The van der Waals surface area contributed by atoms with Gasteiger partial charge in [-0.1, -0.05) is 24.3 Å². The van der Waals surface area contributed by atoms with E-state index in [0.29, 0.717) is 18.4 Å². The molecule has 2 aliphatic carbocycles. The Morgan fingerprint density at radius 2 is 1.73 bits per heavy atom. The van der Waals surface area contributed by atoms with Gasteiger partial charge in [0.1, 0.15) is 5.69 Å². The summed E-state index contributed by atoms with van der Waals surface area (Å²) in [5, 5.41) is 3.73. The van der Waals surface area contributed by atoms with Crippen molar-refractivity contribution in [1.82, 2.24) is 9.19 Å². The number of nitrogens with zero attached hydrogens (tertiary/aromatic N) is 2. The number of rotatable bonds is 2. The van der Waals surface area contributed by atoms with Crippen LogP contribution in [0.25, 0.3) is 11.3 Å². The van der Waals surface area contributed by atoms with Gasteiger partial charge >= 0.3 is 0 Å². The molecule has 0 unspecified atom stereocenters. The quantitative estimate of drug-likeness (QED) is 0.785. The lowest BCUT2D eigenvalue weighted by atomic mass is 9.87. The van der Waals surface area contributed by atoms with Gasteiger partial charge in [-0.15, -0.1) is 0 Å². The Morgan fingerprint density at radius 1 is 1.09 bits per heavy atom. The summed E-state index contributed by atoms with van der Waals surface area (Å²) < 4.78 is 25.8. The van der Waals surface area contributed by atoms with Crippen LogP contribution in [-0.4, -0.2) is 34.4 Å². The Bertz CT molecular complexity index is 952. The molecule has 6 nitrogen and oxygen atoms in total. The summed E-state index contributed by atoms with van der Waals surface area (Å²) in [4.78, 5) is 24.5. The predicted octanol–water partition coefficient (Wildman–Crippen LogP) is 1.58. The molecule has 0 saturated heterocycles. The van der Waals surface area contributed by atoms with E-state index in [1.165, 1.54) is 6.92 Å². The maximum atomic E-state index is 12.4. The molecule has 2 aliphatic rings. The lowest BCUT2D eigenvalue weighted by Gasteiger charge is -2.12. The molecule has 7 heteroatoms. The van der Waals surface area contributed by atoms with Crippen LogP contribution in [-0.2, 0) is 10.0 Å². The highest BCUT2D eigenvalue weighted by atomic mass is 32.2. The van der Waals surface area contributed by atoms with Crippen LogP contribution in [0, 0.1) is 6.92 Å². The lowest BCUT2D eigenvalue weighted by Crippen LogP contribution is -2.22. The molecule has 0 radical (unpaired) electrons. The minimum absolute atomic E-state index is 0.105. The van der Waals surface area contributed by atoms with Crippen molar-refractivity contribution in [2.45, 2.75) is 25.0 Å². The van der Waals surface area contributed by atoms with Crippen molar-refractivity contribution in [2.75, 3.05) is 0 Å². The summed E-state index contributed by atoms with van der Waals surface area (Å²) in [6.45, 7) is 1.52. The number of benzene rings is 1. The first-order valence-corrected chi connectivity index (χ1v) is 8.45. The largest absolute Gasteiger partial charge is 0.285 e. The second kappa shape index (κ2) is 4.13. The zero-order valence-corrected chi connectivity index (χ0v) is 12.6. The molecule has 4 rings (SSSR count). The average molecular weight is 316 g/mol. The number of aromatic nitrogens is 2. The number of carbonyl (C=O) groups excluding carboxylic acids is 2. The summed E-state index contributed by atoms with van der Waals surface area (Å²) >= 11 is 0. The van der Waals surface area contributed by atoms with Gasteiger partial charge in [0.25, 0.3) is 10.0 Å². The SMILES string of the molecule is Cc1c2c(nn1S(=O)(=O)C1CC1)-c1ccccc1C(=O)C2=O. The number of Topliss-reactive ketones (excluding diaryl/α,β-unsaturated/α-hetero) is 2. The molecule has 1 aromatic carbocycles. The van der Waals surface area contributed by atoms with Crippen LogP contribution >= 0.6 is 0 Å². The van der Waals surface area contributed by atoms with Gasteiger partial charge in [0.2, 0.25) is 11.6 Å². The predicted molar refractivity (Wildman–Crippen MR) is 78.4 cm³/mol. The molecule has 22 heavy (non-hydrogen) atoms. The van der Waals surface area contributed by atoms with Crippen molar-refractivity contribution in [3.05, 3.63) is 41.1 Å². The Hall–Kier alpha value is -2.28. The molecule has 1 aromatic heterocycles. The molecule has 0 aliphatic heterocycles. The van der Waals surface area contributed by atoms with Gasteiger partial charge in [-0.25, -0.2) is 8.42 Å². The van der Waals surface area contributed by atoms with Crippen molar-refractivity contribution in [2.24, 2.45) is 0 Å². The maximum absolute atomic E-state index is 12.4. The highest BCUT2D eigenvalue weighted by Crippen LogP contribution is 2.37. The van der Waals surface area contributed by atoms with E-state index in [0.717, 1.165) is 4.09 Å². The molecular formula is C15H12N2O4S. The summed E-state index contributed by atoms with van der Waals surface area (Å²) in [6, 6.07) is 6.64. The summed E-state index contributed by atoms with van der Waals surface area (Å²) in [7, 11) is -3.59. The van der Waals surface area contributed by atoms with E-state index in [2.05, 4.69) is 5.10 Å². The number of fused-ring (bicyclic) bond motifs is 3. The van der Waals surface area contributed by atoms with Gasteiger partial charge in [0.15, 0.2) is 0 Å². The van der Waals surface area contributed by atoms with E-state index in [1.807, 2.05) is 0 Å². The third-order valence-corrected chi connectivity index (χ3v) is 6.27. The molecular weight excluding hydrogens is 304 g/mol. The summed E-state index contributed by atoms with van der Waals surface area (Å²) in [5.74, 6) is -1.31. The Labute approximate surface area is 126 Å². The minimum atomic E-state index is -3.59. The second-order valence-corrected chi connectivity index (χ2v) is 7.64. The molecule has 0 N–H and O–H groups in total. The fourth-order valence-corrected chi connectivity index (χ4v) is 4.50. The normalized spacial score (nSPS) is 17.3. The van der Waals surface area contributed by atoms with E-state index in [4.69, 9.17) is 0 Å².